The van der Waals surface area contributed by atoms with Gasteiger partial charge in [-0.3, -0.25) is 4.79 Å². The number of allylic oxidation sites excluding steroid dienone is 3. The van der Waals surface area contributed by atoms with Crippen LogP contribution < -0.4 is 5.73 Å². The summed E-state index contributed by atoms with van der Waals surface area (Å²) in [5.74, 6) is 0.367. The Hall–Kier alpha value is -3.41. The lowest BCUT2D eigenvalue weighted by molar-refractivity contribution is -0.127. The van der Waals surface area contributed by atoms with Crippen molar-refractivity contribution in [3.05, 3.63) is 73.2 Å². The molecule has 1 aliphatic heterocycles. The highest BCUT2D eigenvalue weighted by Gasteiger charge is 2.33. The number of hydrogen-bond acceptors (Lipinski definition) is 4. The fourth-order valence-corrected chi connectivity index (χ4v) is 3.96. The summed E-state index contributed by atoms with van der Waals surface area (Å²) >= 11 is 0. The summed E-state index contributed by atoms with van der Waals surface area (Å²) in [7, 11) is 0. The van der Waals surface area contributed by atoms with Gasteiger partial charge < -0.3 is 20.6 Å². The van der Waals surface area contributed by atoms with Crippen molar-refractivity contribution in [2.24, 2.45) is 11.7 Å². The molecular formula is C23H27N5O. The second-order valence-electron chi connectivity index (χ2n) is 7.31. The highest BCUT2D eigenvalue weighted by atomic mass is 16.2. The maximum atomic E-state index is 12.8. The second kappa shape index (κ2) is 8.73. The number of nitrogens with zero attached hydrogens (tertiary/aromatic N) is 3. The molecule has 0 bridgehead atoms. The van der Waals surface area contributed by atoms with Crippen LogP contribution in [0, 0.1) is 11.3 Å². The van der Waals surface area contributed by atoms with Gasteiger partial charge in [-0.25, -0.2) is 4.98 Å². The number of nitrogens with two attached hydrogens (primary N) is 1. The van der Waals surface area contributed by atoms with Crippen LogP contribution in [0.4, 0.5) is 0 Å². The van der Waals surface area contributed by atoms with Crippen LogP contribution >= 0.6 is 0 Å². The number of carbonyl (C=O) groups is 1. The topological polar surface area (TPSA) is 88.0 Å². The molecule has 0 aliphatic carbocycles. The first kappa shape index (κ1) is 20.3. The minimum absolute atomic E-state index is 0.00585. The summed E-state index contributed by atoms with van der Waals surface area (Å²) in [6.07, 6.45) is 10.5. The molecule has 3 heterocycles. The Labute approximate surface area is 171 Å². The average molecular weight is 390 g/mol. The normalized spacial score (nSPS) is 20.1. The molecule has 1 saturated heterocycles. The molecule has 1 fully saturated rings. The summed E-state index contributed by atoms with van der Waals surface area (Å²) in [5, 5.41) is 7.44. The van der Waals surface area contributed by atoms with E-state index < -0.39 is 0 Å². The number of pyridine rings is 1. The van der Waals surface area contributed by atoms with Gasteiger partial charge in [-0.2, -0.15) is 0 Å². The highest BCUT2D eigenvalue weighted by Crippen LogP contribution is 2.28. The van der Waals surface area contributed by atoms with E-state index in [0.717, 1.165) is 24.0 Å². The summed E-state index contributed by atoms with van der Waals surface area (Å²) in [4.78, 5) is 19.3. The fourth-order valence-electron chi connectivity index (χ4n) is 3.96. The van der Waals surface area contributed by atoms with E-state index in [0.29, 0.717) is 29.3 Å². The van der Waals surface area contributed by atoms with Gasteiger partial charge in [-0.05, 0) is 37.5 Å². The smallest absolute Gasteiger partial charge is 0.254 e. The van der Waals surface area contributed by atoms with E-state index >= 15 is 0 Å². The number of rotatable bonds is 7. The molecule has 2 unspecified atom stereocenters. The third-order valence-corrected chi connectivity index (χ3v) is 5.40. The molecule has 6 heteroatoms. The molecular weight excluding hydrogens is 362 g/mol. The summed E-state index contributed by atoms with van der Waals surface area (Å²) in [6, 6.07) is 6.04. The lowest BCUT2D eigenvalue weighted by Gasteiger charge is -2.22. The molecule has 0 radical (unpaired) electrons. The SMILES string of the molecule is C=C/C=C(\C=C)C(=O)N1CC(Cn2ccc3nc(/C(C=N)=C/N)ccc32)CC1C. The lowest BCUT2D eigenvalue weighted by Crippen LogP contribution is -2.34. The maximum Gasteiger partial charge on any atom is 0.254 e. The first-order valence-corrected chi connectivity index (χ1v) is 9.67. The Kier molecular flexibility index (Phi) is 6.12. The molecule has 2 atom stereocenters. The van der Waals surface area contributed by atoms with Crippen molar-refractivity contribution in [2.75, 3.05) is 6.54 Å². The predicted octanol–water partition coefficient (Wildman–Crippen LogP) is 3.52. The van der Waals surface area contributed by atoms with Crippen molar-refractivity contribution in [1.82, 2.24) is 14.5 Å². The number of aromatic nitrogens is 2. The van der Waals surface area contributed by atoms with Crippen molar-refractivity contribution in [2.45, 2.75) is 25.9 Å². The number of amides is 1. The largest absolute Gasteiger partial charge is 0.404 e. The van der Waals surface area contributed by atoms with Crippen LogP contribution in [-0.2, 0) is 11.3 Å². The second-order valence-corrected chi connectivity index (χ2v) is 7.31. The summed E-state index contributed by atoms with van der Waals surface area (Å²) in [6.45, 7) is 11.0. The Morgan fingerprint density at radius 3 is 2.83 bits per heavy atom. The number of fused-ring (bicyclic) bond motifs is 1. The summed E-state index contributed by atoms with van der Waals surface area (Å²) < 4.78 is 2.18. The van der Waals surface area contributed by atoms with Crippen LogP contribution in [-0.4, -0.2) is 39.2 Å². The van der Waals surface area contributed by atoms with Crippen LogP contribution in [0.1, 0.15) is 19.0 Å². The molecule has 0 aromatic carbocycles. The zero-order valence-corrected chi connectivity index (χ0v) is 16.7. The number of hydrogen-bond donors (Lipinski definition) is 2. The molecule has 150 valence electrons. The van der Waals surface area contributed by atoms with Gasteiger partial charge in [0.1, 0.15) is 0 Å². The van der Waals surface area contributed by atoms with E-state index in [4.69, 9.17) is 11.1 Å². The third kappa shape index (κ3) is 4.06. The van der Waals surface area contributed by atoms with Crippen LogP contribution in [0.25, 0.3) is 16.6 Å². The van der Waals surface area contributed by atoms with Gasteiger partial charge in [0, 0.05) is 48.9 Å². The van der Waals surface area contributed by atoms with E-state index in [1.807, 2.05) is 29.3 Å². The first-order valence-electron chi connectivity index (χ1n) is 9.67. The predicted molar refractivity (Wildman–Crippen MR) is 118 cm³/mol. The molecule has 29 heavy (non-hydrogen) atoms. The molecule has 3 N–H and O–H groups in total. The lowest BCUT2D eigenvalue weighted by atomic mass is 10.1. The van der Waals surface area contributed by atoms with Crippen LogP contribution in [0.3, 0.4) is 0 Å². The zero-order valence-electron chi connectivity index (χ0n) is 16.7. The van der Waals surface area contributed by atoms with E-state index in [9.17, 15) is 4.79 Å². The zero-order chi connectivity index (χ0) is 21.0. The Morgan fingerprint density at radius 1 is 1.38 bits per heavy atom. The molecule has 1 aliphatic rings. The number of carbonyl (C=O) groups excluding carboxylic acids is 1. The Balaban J connectivity index is 1.77. The molecule has 2 aromatic heterocycles. The van der Waals surface area contributed by atoms with Crippen molar-refractivity contribution in [3.63, 3.8) is 0 Å². The van der Waals surface area contributed by atoms with Gasteiger partial charge in [-0.1, -0.05) is 31.4 Å². The van der Waals surface area contributed by atoms with Gasteiger partial charge in [0.25, 0.3) is 5.91 Å². The van der Waals surface area contributed by atoms with Crippen LogP contribution in [0.15, 0.2) is 67.6 Å². The quantitative estimate of drug-likeness (QED) is 0.431. The monoisotopic (exact) mass is 389 g/mol. The molecule has 6 nitrogen and oxygen atoms in total. The number of likely N-dealkylation sites (tertiary alicyclic amines) is 1. The van der Waals surface area contributed by atoms with E-state index in [2.05, 4.69) is 29.6 Å². The minimum atomic E-state index is 0.00585. The molecule has 0 spiro atoms. The van der Waals surface area contributed by atoms with Crippen molar-refractivity contribution < 1.29 is 4.79 Å². The van der Waals surface area contributed by atoms with Crippen molar-refractivity contribution >= 4 is 28.7 Å². The molecule has 0 saturated carbocycles. The third-order valence-electron chi connectivity index (χ3n) is 5.40. The Morgan fingerprint density at radius 2 is 2.17 bits per heavy atom. The van der Waals surface area contributed by atoms with E-state index in [-0.39, 0.29) is 11.9 Å². The first-order chi connectivity index (χ1) is 14.0. The standard InChI is InChI=1S/C23H27N5O/c1-4-6-18(5-2)23(29)28-15-17(11-16(28)3)14-27-10-9-21-22(27)8-7-20(26-21)19(12-24)13-25/h4-10,12-13,16-17,24H,1-2,11,14-15,25H2,3H3/b18-6+,19-13+,24-12?. The van der Waals surface area contributed by atoms with Crippen LogP contribution in [0.2, 0.25) is 0 Å². The van der Waals surface area contributed by atoms with Crippen LogP contribution in [0.5, 0.6) is 0 Å². The van der Waals surface area contributed by atoms with Gasteiger partial charge in [0.15, 0.2) is 0 Å². The maximum absolute atomic E-state index is 12.8. The van der Waals surface area contributed by atoms with E-state index in [1.165, 1.54) is 12.4 Å². The Bertz CT molecular complexity index is 1010. The van der Waals surface area contributed by atoms with Crippen molar-refractivity contribution in [1.29, 1.82) is 5.41 Å². The number of nitrogens with one attached hydrogen (secondary N) is 1. The molecule has 2 aromatic rings. The van der Waals surface area contributed by atoms with Gasteiger partial charge in [0.05, 0.1) is 16.7 Å². The van der Waals surface area contributed by atoms with Gasteiger partial charge >= 0.3 is 0 Å². The van der Waals surface area contributed by atoms with Crippen molar-refractivity contribution in [3.8, 4) is 0 Å². The highest BCUT2D eigenvalue weighted by molar-refractivity contribution is 6.07. The van der Waals surface area contributed by atoms with Gasteiger partial charge in [0.2, 0.25) is 0 Å². The minimum Gasteiger partial charge on any atom is -0.404 e. The van der Waals surface area contributed by atoms with E-state index in [1.54, 1.807) is 18.2 Å². The summed E-state index contributed by atoms with van der Waals surface area (Å²) in [5.41, 5.74) is 9.31. The molecule has 3 rings (SSSR count). The fraction of sp³-hybridized carbons (Fsp3) is 0.261. The molecule has 1 amide bonds. The van der Waals surface area contributed by atoms with Gasteiger partial charge in [-0.15, -0.1) is 0 Å². The average Bonchev–Trinajstić information content (AvgIpc) is 3.29.